The molecule has 3 aromatic rings. The molecule has 0 aliphatic carbocycles. The maximum Gasteiger partial charge on any atom is 0.139 e. The van der Waals surface area contributed by atoms with Crippen molar-refractivity contribution in [3.05, 3.63) is 70.0 Å². The summed E-state index contributed by atoms with van der Waals surface area (Å²) in [7, 11) is 0. The van der Waals surface area contributed by atoms with E-state index in [1.165, 1.54) is 16.7 Å². The van der Waals surface area contributed by atoms with Gasteiger partial charge in [0.1, 0.15) is 5.82 Å². The van der Waals surface area contributed by atoms with Crippen molar-refractivity contribution in [3.8, 4) is 0 Å². The summed E-state index contributed by atoms with van der Waals surface area (Å²) in [4.78, 5) is 8.35. The highest BCUT2D eigenvalue weighted by atomic mass is 79.9. The summed E-state index contributed by atoms with van der Waals surface area (Å²) in [5.74, 6) is 0.977. The predicted octanol–water partition coefficient (Wildman–Crippen LogP) is 5.54. The number of benzene rings is 2. The Morgan fingerprint density at radius 3 is 2.32 bits per heavy atom. The average molecular weight is 398 g/mol. The summed E-state index contributed by atoms with van der Waals surface area (Å²) >= 11 is 3.53. The number of H-pyrrole nitrogens is 1. The molecule has 1 aliphatic heterocycles. The van der Waals surface area contributed by atoms with E-state index in [0.717, 1.165) is 47.3 Å². The highest BCUT2D eigenvalue weighted by molar-refractivity contribution is 9.10. The number of rotatable bonds is 2. The largest absolute Gasteiger partial charge is 0.338 e. The molecule has 4 heteroatoms. The van der Waals surface area contributed by atoms with Crippen LogP contribution in [-0.2, 0) is 0 Å². The summed E-state index contributed by atoms with van der Waals surface area (Å²) < 4.78 is 1.10. The van der Waals surface area contributed by atoms with E-state index < -0.39 is 0 Å². The molecule has 0 radical (unpaired) electrons. The van der Waals surface area contributed by atoms with Crippen molar-refractivity contribution in [3.63, 3.8) is 0 Å². The van der Waals surface area contributed by atoms with Crippen molar-refractivity contribution in [1.29, 1.82) is 0 Å². The summed E-state index contributed by atoms with van der Waals surface area (Å²) in [6, 6.07) is 16.7. The van der Waals surface area contributed by atoms with Gasteiger partial charge in [0, 0.05) is 10.0 Å². The molecule has 1 fully saturated rings. The molecule has 25 heavy (non-hydrogen) atoms. The van der Waals surface area contributed by atoms with Crippen LogP contribution in [0.2, 0.25) is 0 Å². The van der Waals surface area contributed by atoms with Gasteiger partial charge in [-0.3, -0.25) is 0 Å². The van der Waals surface area contributed by atoms with E-state index >= 15 is 0 Å². The molecule has 0 spiro atoms. The fourth-order valence-corrected chi connectivity index (χ4v) is 3.44. The van der Waals surface area contributed by atoms with Crippen LogP contribution < -0.4 is 5.32 Å². The number of fused-ring (bicyclic) bond motifs is 1. The van der Waals surface area contributed by atoms with Crippen LogP contribution in [0.15, 0.2) is 58.6 Å². The fourth-order valence-electron chi connectivity index (χ4n) is 3.17. The number of aromatic nitrogens is 2. The normalized spacial score (nSPS) is 14.1. The molecule has 0 saturated carbocycles. The second kappa shape index (κ2) is 8.45. The van der Waals surface area contributed by atoms with Crippen molar-refractivity contribution in [2.45, 2.75) is 26.7 Å². The second-order valence-electron chi connectivity index (χ2n) is 5.84. The smallest absolute Gasteiger partial charge is 0.139 e. The zero-order valence-electron chi connectivity index (χ0n) is 14.8. The van der Waals surface area contributed by atoms with Gasteiger partial charge in [-0.25, -0.2) is 4.98 Å². The summed E-state index contributed by atoms with van der Waals surface area (Å²) in [6.07, 6.45) is 2.14. The van der Waals surface area contributed by atoms with Crippen LogP contribution in [0.25, 0.3) is 16.6 Å². The van der Waals surface area contributed by atoms with Gasteiger partial charge in [-0.15, -0.1) is 0 Å². The molecule has 1 aliphatic rings. The molecule has 4 rings (SSSR count). The first-order valence-corrected chi connectivity index (χ1v) is 9.74. The van der Waals surface area contributed by atoms with E-state index in [-0.39, 0.29) is 0 Å². The minimum Gasteiger partial charge on any atom is -0.338 e. The molecule has 0 bridgehead atoms. The van der Waals surface area contributed by atoms with Crippen molar-refractivity contribution < 1.29 is 0 Å². The monoisotopic (exact) mass is 397 g/mol. The Labute approximate surface area is 157 Å². The van der Waals surface area contributed by atoms with Crippen LogP contribution in [0.3, 0.4) is 0 Å². The van der Waals surface area contributed by atoms with E-state index in [2.05, 4.69) is 62.6 Å². The van der Waals surface area contributed by atoms with Crippen molar-refractivity contribution >= 4 is 32.5 Å². The van der Waals surface area contributed by atoms with Gasteiger partial charge in [-0.05, 0) is 55.8 Å². The number of piperidine rings is 1. The lowest BCUT2D eigenvalue weighted by atomic mass is 9.93. The van der Waals surface area contributed by atoms with Crippen molar-refractivity contribution in [1.82, 2.24) is 15.3 Å². The molecule has 1 saturated heterocycles. The van der Waals surface area contributed by atoms with Gasteiger partial charge in [0.2, 0.25) is 0 Å². The number of aromatic amines is 1. The van der Waals surface area contributed by atoms with E-state index in [9.17, 15) is 0 Å². The molecule has 3 nitrogen and oxygen atoms in total. The van der Waals surface area contributed by atoms with Gasteiger partial charge < -0.3 is 10.3 Å². The fraction of sp³-hybridized carbons (Fsp3) is 0.286. The van der Waals surface area contributed by atoms with Gasteiger partial charge in [-0.1, -0.05) is 59.6 Å². The topological polar surface area (TPSA) is 40.7 Å². The van der Waals surface area contributed by atoms with Crippen LogP contribution in [0.4, 0.5) is 0 Å². The highest BCUT2D eigenvalue weighted by Crippen LogP contribution is 2.31. The lowest BCUT2D eigenvalue weighted by molar-refractivity contribution is 0.611. The van der Waals surface area contributed by atoms with E-state index in [1.807, 2.05) is 26.0 Å². The molecule has 1 aromatic heterocycles. The minimum absolute atomic E-state index is 0.977. The summed E-state index contributed by atoms with van der Waals surface area (Å²) in [5, 5.41) is 3.44. The Morgan fingerprint density at radius 1 is 0.960 bits per heavy atom. The summed E-state index contributed by atoms with van der Waals surface area (Å²) in [5.41, 5.74) is 6.07. The van der Waals surface area contributed by atoms with E-state index in [4.69, 9.17) is 4.98 Å². The molecule has 130 valence electrons. The molecular formula is C21H24BrN3. The van der Waals surface area contributed by atoms with Crippen LogP contribution >= 0.6 is 15.9 Å². The van der Waals surface area contributed by atoms with Crippen LogP contribution in [0.1, 0.15) is 38.1 Å². The first kappa shape index (κ1) is 17.9. The molecular weight excluding hydrogens is 374 g/mol. The Morgan fingerprint density at radius 2 is 1.64 bits per heavy atom. The third-order valence-corrected chi connectivity index (χ3v) is 4.85. The quantitative estimate of drug-likeness (QED) is 0.595. The first-order chi connectivity index (χ1) is 12.3. The number of imidazole rings is 1. The lowest BCUT2D eigenvalue weighted by Crippen LogP contribution is -2.24. The van der Waals surface area contributed by atoms with Gasteiger partial charge >= 0.3 is 0 Å². The van der Waals surface area contributed by atoms with Crippen LogP contribution in [0, 0.1) is 0 Å². The Balaban J connectivity index is 0.000000880. The third-order valence-electron chi connectivity index (χ3n) is 4.32. The SMILES string of the molecule is Brc1ccc(C(=C2CCNCC2)c2nc3ccccc3[nH]2)cc1.CC. The Bertz CT molecular complexity index is 821. The van der Waals surface area contributed by atoms with Gasteiger partial charge in [0.15, 0.2) is 0 Å². The average Bonchev–Trinajstić information content (AvgIpc) is 3.09. The number of hydrogen-bond acceptors (Lipinski definition) is 2. The van der Waals surface area contributed by atoms with Crippen LogP contribution in [0.5, 0.6) is 0 Å². The Kier molecular flexibility index (Phi) is 6.05. The molecule has 2 N–H and O–H groups in total. The van der Waals surface area contributed by atoms with Crippen molar-refractivity contribution in [2.75, 3.05) is 13.1 Å². The number of nitrogens with zero attached hydrogens (tertiary/aromatic N) is 1. The number of para-hydroxylation sites is 2. The van der Waals surface area contributed by atoms with Gasteiger partial charge in [-0.2, -0.15) is 0 Å². The zero-order chi connectivity index (χ0) is 17.6. The van der Waals surface area contributed by atoms with Gasteiger partial charge in [0.05, 0.1) is 11.0 Å². The standard InChI is InChI=1S/C19H18BrN3.C2H6/c20-15-7-5-13(6-8-15)18(14-9-11-21-12-10-14)19-22-16-3-1-2-4-17(16)23-19;1-2/h1-8,21H,9-12H2,(H,22,23);1-2H3. The van der Waals surface area contributed by atoms with Gasteiger partial charge in [0.25, 0.3) is 0 Å². The second-order valence-corrected chi connectivity index (χ2v) is 6.75. The van der Waals surface area contributed by atoms with E-state index in [1.54, 1.807) is 0 Å². The first-order valence-electron chi connectivity index (χ1n) is 8.95. The molecule has 0 atom stereocenters. The number of halogens is 1. The van der Waals surface area contributed by atoms with E-state index in [0.29, 0.717) is 0 Å². The third kappa shape index (κ3) is 4.02. The summed E-state index contributed by atoms with van der Waals surface area (Å²) in [6.45, 7) is 6.07. The maximum absolute atomic E-state index is 4.84. The molecule has 0 unspecified atom stereocenters. The van der Waals surface area contributed by atoms with Crippen molar-refractivity contribution in [2.24, 2.45) is 0 Å². The number of nitrogens with one attached hydrogen (secondary N) is 2. The van der Waals surface area contributed by atoms with Crippen LogP contribution in [-0.4, -0.2) is 23.1 Å². The number of hydrogen-bond donors (Lipinski definition) is 2. The lowest BCUT2D eigenvalue weighted by Gasteiger charge is -2.19. The minimum atomic E-state index is 0.977. The Hall–Kier alpha value is -1.91. The molecule has 2 aromatic carbocycles. The maximum atomic E-state index is 4.84. The zero-order valence-corrected chi connectivity index (χ0v) is 16.4. The highest BCUT2D eigenvalue weighted by Gasteiger charge is 2.17. The molecule has 2 heterocycles. The molecule has 0 amide bonds. The predicted molar refractivity (Wildman–Crippen MR) is 110 cm³/mol.